The summed E-state index contributed by atoms with van der Waals surface area (Å²) in [5.74, 6) is -3.08. The molecule has 0 atom stereocenters. The number of aromatic carboxylic acids is 1. The molecule has 1 aliphatic rings. The smallest absolute Gasteiger partial charge is 0.339 e. The molecule has 3 aromatic rings. The standard InChI is InChI=1S/C26H18Cl3N3O6/c1-12-16(27)4-3-5-19(12)32-24(34)21(29)22(25(32)35)30-14-8-6-13(7-9-14)23(33)31-18-11-20(38-2)15(26(36)37)10-17(18)28/h3-11,30H,1-2H3,(H,31,33)(H,36,37). The number of anilines is 3. The maximum Gasteiger partial charge on any atom is 0.339 e. The second-order valence-corrected chi connectivity index (χ2v) is 9.20. The lowest BCUT2D eigenvalue weighted by Gasteiger charge is -2.18. The highest BCUT2D eigenvalue weighted by atomic mass is 35.5. The Labute approximate surface area is 231 Å². The molecule has 0 radical (unpaired) electrons. The summed E-state index contributed by atoms with van der Waals surface area (Å²) in [5.41, 5.74) is 1.38. The Morgan fingerprint density at radius 2 is 1.63 bits per heavy atom. The molecule has 194 valence electrons. The second kappa shape index (κ2) is 10.7. The van der Waals surface area contributed by atoms with Crippen molar-refractivity contribution in [3.8, 4) is 5.75 Å². The van der Waals surface area contributed by atoms with E-state index in [9.17, 15) is 24.3 Å². The van der Waals surface area contributed by atoms with Gasteiger partial charge in [0.1, 0.15) is 22.0 Å². The van der Waals surface area contributed by atoms with Crippen LogP contribution in [0.2, 0.25) is 10.0 Å². The highest BCUT2D eigenvalue weighted by Gasteiger charge is 2.39. The van der Waals surface area contributed by atoms with E-state index in [0.29, 0.717) is 22.0 Å². The Bertz CT molecular complexity index is 1540. The van der Waals surface area contributed by atoms with Gasteiger partial charge >= 0.3 is 5.97 Å². The van der Waals surface area contributed by atoms with Gasteiger partial charge in [0.2, 0.25) is 0 Å². The minimum absolute atomic E-state index is 0.0142. The number of carbonyl (C=O) groups is 4. The van der Waals surface area contributed by atoms with Crippen molar-refractivity contribution < 1.29 is 29.0 Å². The van der Waals surface area contributed by atoms with Crippen molar-refractivity contribution in [2.24, 2.45) is 0 Å². The average Bonchev–Trinajstić information content (AvgIpc) is 3.09. The molecule has 3 amide bonds. The molecule has 1 heterocycles. The van der Waals surface area contributed by atoms with Crippen LogP contribution in [0.3, 0.4) is 0 Å². The highest BCUT2D eigenvalue weighted by molar-refractivity contribution is 6.53. The van der Waals surface area contributed by atoms with E-state index in [1.54, 1.807) is 25.1 Å². The van der Waals surface area contributed by atoms with Crippen molar-refractivity contribution in [1.82, 2.24) is 0 Å². The lowest BCUT2D eigenvalue weighted by molar-refractivity contribution is -0.120. The summed E-state index contributed by atoms with van der Waals surface area (Å²) in [7, 11) is 1.30. The molecule has 1 aliphatic heterocycles. The number of carboxylic acids is 1. The van der Waals surface area contributed by atoms with Gasteiger partial charge in [0.05, 0.1) is 23.5 Å². The zero-order valence-electron chi connectivity index (χ0n) is 19.8. The first kappa shape index (κ1) is 27.0. The molecule has 0 aliphatic carbocycles. The van der Waals surface area contributed by atoms with Crippen molar-refractivity contribution in [2.45, 2.75) is 6.92 Å². The number of hydrogen-bond acceptors (Lipinski definition) is 6. The molecule has 0 fully saturated rings. The second-order valence-electron chi connectivity index (χ2n) is 8.01. The number of nitrogens with one attached hydrogen (secondary N) is 2. The van der Waals surface area contributed by atoms with Gasteiger partial charge in [-0.3, -0.25) is 14.4 Å². The molecule has 3 aromatic carbocycles. The van der Waals surface area contributed by atoms with Gasteiger partial charge in [-0.2, -0.15) is 0 Å². The quantitative estimate of drug-likeness (QED) is 0.309. The largest absolute Gasteiger partial charge is 0.496 e. The lowest BCUT2D eigenvalue weighted by Crippen LogP contribution is -2.32. The minimum atomic E-state index is -1.23. The molecule has 0 aromatic heterocycles. The minimum Gasteiger partial charge on any atom is -0.496 e. The number of hydrogen-bond donors (Lipinski definition) is 3. The number of methoxy groups -OCH3 is 1. The molecule has 3 N–H and O–H groups in total. The van der Waals surface area contributed by atoms with Crippen LogP contribution in [0.15, 0.2) is 65.3 Å². The van der Waals surface area contributed by atoms with E-state index in [2.05, 4.69) is 10.6 Å². The molecule has 0 saturated heterocycles. The lowest BCUT2D eigenvalue weighted by atomic mass is 10.1. The highest BCUT2D eigenvalue weighted by Crippen LogP contribution is 2.35. The molecule has 9 nitrogen and oxygen atoms in total. The third-order valence-electron chi connectivity index (χ3n) is 5.69. The van der Waals surface area contributed by atoms with E-state index in [1.807, 2.05) is 0 Å². The molecule has 38 heavy (non-hydrogen) atoms. The number of benzene rings is 3. The van der Waals surface area contributed by atoms with Crippen LogP contribution in [0.25, 0.3) is 0 Å². The van der Waals surface area contributed by atoms with Crippen molar-refractivity contribution in [3.63, 3.8) is 0 Å². The predicted octanol–water partition coefficient (Wildman–Crippen LogP) is 5.70. The maximum atomic E-state index is 13.1. The number of nitrogens with zero attached hydrogens (tertiary/aromatic N) is 1. The van der Waals surface area contributed by atoms with E-state index in [4.69, 9.17) is 39.5 Å². The number of ether oxygens (including phenoxy) is 1. The van der Waals surface area contributed by atoms with Gasteiger partial charge in [0, 0.05) is 22.3 Å². The van der Waals surface area contributed by atoms with Gasteiger partial charge in [-0.15, -0.1) is 0 Å². The fourth-order valence-corrected chi connectivity index (χ4v) is 4.29. The van der Waals surface area contributed by atoms with Crippen LogP contribution in [0, 0.1) is 6.92 Å². The monoisotopic (exact) mass is 573 g/mol. The fourth-order valence-electron chi connectivity index (χ4n) is 3.70. The zero-order valence-corrected chi connectivity index (χ0v) is 22.0. The normalized spacial score (nSPS) is 13.1. The van der Waals surface area contributed by atoms with Crippen LogP contribution < -0.4 is 20.3 Å². The van der Waals surface area contributed by atoms with E-state index in [0.717, 1.165) is 4.90 Å². The summed E-state index contributed by atoms with van der Waals surface area (Å²) in [6.07, 6.45) is 0. The van der Waals surface area contributed by atoms with Gasteiger partial charge in [0.25, 0.3) is 17.7 Å². The summed E-state index contributed by atoms with van der Waals surface area (Å²) in [5, 5.41) is 14.8. The fraction of sp³-hybridized carbons (Fsp3) is 0.0769. The van der Waals surface area contributed by atoms with E-state index in [-0.39, 0.29) is 38.3 Å². The van der Waals surface area contributed by atoms with Crippen molar-refractivity contribution in [2.75, 3.05) is 22.6 Å². The molecule has 0 spiro atoms. The molecule has 12 heteroatoms. The van der Waals surface area contributed by atoms with Crippen molar-refractivity contribution in [3.05, 3.63) is 92.1 Å². The molecule has 0 bridgehead atoms. The maximum absolute atomic E-state index is 13.1. The molecular formula is C26H18Cl3N3O6. The number of amides is 3. The summed E-state index contributed by atoms with van der Waals surface area (Å²) in [6, 6.07) is 13.3. The topological polar surface area (TPSA) is 125 Å². The summed E-state index contributed by atoms with van der Waals surface area (Å²) < 4.78 is 5.07. The number of carbonyl (C=O) groups excluding carboxylic acids is 3. The summed E-state index contributed by atoms with van der Waals surface area (Å²) in [4.78, 5) is 50.8. The van der Waals surface area contributed by atoms with Crippen LogP contribution in [0.4, 0.5) is 17.1 Å². The Morgan fingerprint density at radius 1 is 0.947 bits per heavy atom. The summed E-state index contributed by atoms with van der Waals surface area (Å²) in [6.45, 7) is 1.69. The number of imide groups is 1. The van der Waals surface area contributed by atoms with Crippen LogP contribution in [-0.2, 0) is 9.59 Å². The van der Waals surface area contributed by atoms with Gasteiger partial charge < -0.3 is 20.5 Å². The van der Waals surface area contributed by atoms with Gasteiger partial charge in [-0.05, 0) is 55.0 Å². The zero-order chi connectivity index (χ0) is 27.7. The predicted molar refractivity (Wildman–Crippen MR) is 145 cm³/mol. The Hall–Kier alpha value is -4.05. The van der Waals surface area contributed by atoms with Crippen LogP contribution >= 0.6 is 34.8 Å². The first-order valence-electron chi connectivity index (χ1n) is 10.9. The molecule has 4 rings (SSSR count). The Balaban J connectivity index is 1.51. The Morgan fingerprint density at radius 3 is 2.26 bits per heavy atom. The number of carboxylic acid groups (broad SMARTS) is 1. The van der Waals surface area contributed by atoms with Crippen molar-refractivity contribution >= 4 is 75.6 Å². The SMILES string of the molecule is COc1cc(NC(=O)c2ccc(NC3=C(Cl)C(=O)N(c4cccc(Cl)c4C)C3=O)cc2)c(Cl)cc1C(=O)O. The molecule has 0 saturated carbocycles. The van der Waals surface area contributed by atoms with Crippen LogP contribution in [-0.4, -0.2) is 35.9 Å². The first-order valence-corrected chi connectivity index (χ1v) is 12.0. The van der Waals surface area contributed by atoms with Crippen molar-refractivity contribution in [1.29, 1.82) is 0 Å². The van der Waals surface area contributed by atoms with E-state index >= 15 is 0 Å². The van der Waals surface area contributed by atoms with E-state index < -0.39 is 23.7 Å². The Kier molecular flexibility index (Phi) is 7.63. The first-order chi connectivity index (χ1) is 18.0. The molecule has 0 unspecified atom stereocenters. The van der Waals surface area contributed by atoms with Crippen LogP contribution in [0.1, 0.15) is 26.3 Å². The van der Waals surface area contributed by atoms with Crippen LogP contribution in [0.5, 0.6) is 5.75 Å². The van der Waals surface area contributed by atoms with Gasteiger partial charge in [0.15, 0.2) is 0 Å². The van der Waals surface area contributed by atoms with Gasteiger partial charge in [-0.1, -0.05) is 40.9 Å². The molecular weight excluding hydrogens is 557 g/mol. The summed E-state index contributed by atoms with van der Waals surface area (Å²) >= 11 is 18.5. The number of rotatable bonds is 7. The third-order valence-corrected chi connectivity index (χ3v) is 6.76. The third kappa shape index (κ3) is 5.04. The van der Waals surface area contributed by atoms with E-state index in [1.165, 1.54) is 43.5 Å². The van der Waals surface area contributed by atoms with Gasteiger partial charge in [-0.25, -0.2) is 9.69 Å². The number of halogens is 3. The average molecular weight is 575 g/mol.